The summed E-state index contributed by atoms with van der Waals surface area (Å²) in [4.78, 5) is 12.3. The van der Waals surface area contributed by atoms with E-state index < -0.39 is 0 Å². The number of phenolic OH excluding ortho intramolecular Hbond substituents is 2. The fourth-order valence-electron chi connectivity index (χ4n) is 2.39. The van der Waals surface area contributed by atoms with Crippen LogP contribution < -0.4 is 5.32 Å². The van der Waals surface area contributed by atoms with E-state index in [-0.39, 0.29) is 29.2 Å². The van der Waals surface area contributed by atoms with Crippen LogP contribution in [0.1, 0.15) is 29.1 Å². The molecule has 0 saturated carbocycles. The van der Waals surface area contributed by atoms with Gasteiger partial charge in [0.1, 0.15) is 17.3 Å². The van der Waals surface area contributed by atoms with E-state index in [4.69, 9.17) is 4.42 Å². The van der Waals surface area contributed by atoms with Crippen molar-refractivity contribution < 1.29 is 19.4 Å². The maximum absolute atomic E-state index is 12.3. The van der Waals surface area contributed by atoms with E-state index in [1.165, 1.54) is 0 Å². The SMILES string of the molecule is CC(NC(=O)c1ccc(-c2ccc(O)cc2)o1)c1cccc(O)c1. The van der Waals surface area contributed by atoms with Gasteiger partial charge in [-0.3, -0.25) is 4.79 Å². The Morgan fingerprint density at radius 3 is 2.46 bits per heavy atom. The number of carbonyl (C=O) groups is 1. The van der Waals surface area contributed by atoms with E-state index >= 15 is 0 Å². The topological polar surface area (TPSA) is 82.7 Å². The number of nitrogens with one attached hydrogen (secondary N) is 1. The normalized spacial score (nSPS) is 11.9. The van der Waals surface area contributed by atoms with Crippen molar-refractivity contribution in [1.82, 2.24) is 5.32 Å². The summed E-state index contributed by atoms with van der Waals surface area (Å²) in [7, 11) is 0. The van der Waals surface area contributed by atoms with Crippen LogP contribution in [0.5, 0.6) is 11.5 Å². The summed E-state index contributed by atoms with van der Waals surface area (Å²) in [5, 5.41) is 21.7. The molecule has 0 fully saturated rings. The van der Waals surface area contributed by atoms with Gasteiger partial charge in [-0.25, -0.2) is 0 Å². The molecule has 0 radical (unpaired) electrons. The van der Waals surface area contributed by atoms with Gasteiger partial charge in [0.2, 0.25) is 0 Å². The maximum atomic E-state index is 12.3. The molecule has 0 spiro atoms. The highest BCUT2D eigenvalue weighted by atomic mass is 16.4. The lowest BCUT2D eigenvalue weighted by molar-refractivity contribution is 0.0912. The molecule has 0 bridgehead atoms. The number of amides is 1. The lowest BCUT2D eigenvalue weighted by Crippen LogP contribution is -2.26. The molecule has 3 N–H and O–H groups in total. The Bertz CT molecular complexity index is 852. The summed E-state index contributed by atoms with van der Waals surface area (Å²) in [6.45, 7) is 1.83. The van der Waals surface area contributed by atoms with Crippen LogP contribution in [0.15, 0.2) is 65.1 Å². The van der Waals surface area contributed by atoms with Crippen LogP contribution in [-0.2, 0) is 0 Å². The largest absolute Gasteiger partial charge is 0.508 e. The van der Waals surface area contributed by atoms with Crippen LogP contribution in [-0.4, -0.2) is 16.1 Å². The Labute approximate surface area is 139 Å². The number of hydrogen-bond acceptors (Lipinski definition) is 4. The zero-order valence-corrected chi connectivity index (χ0v) is 13.1. The van der Waals surface area contributed by atoms with E-state index in [1.807, 2.05) is 13.0 Å². The molecule has 2 aromatic carbocycles. The molecular formula is C19H17NO4. The van der Waals surface area contributed by atoms with Gasteiger partial charge in [0.15, 0.2) is 5.76 Å². The van der Waals surface area contributed by atoms with Crippen LogP contribution >= 0.6 is 0 Å². The van der Waals surface area contributed by atoms with Crippen LogP contribution in [0.4, 0.5) is 0 Å². The van der Waals surface area contributed by atoms with Crippen molar-refractivity contribution in [2.24, 2.45) is 0 Å². The Balaban J connectivity index is 1.73. The summed E-state index contributed by atoms with van der Waals surface area (Å²) in [6.07, 6.45) is 0. The van der Waals surface area contributed by atoms with Crippen molar-refractivity contribution in [2.75, 3.05) is 0 Å². The molecule has 5 nitrogen and oxygen atoms in total. The fraction of sp³-hybridized carbons (Fsp3) is 0.105. The van der Waals surface area contributed by atoms with Crippen molar-refractivity contribution in [3.8, 4) is 22.8 Å². The molecule has 1 aromatic heterocycles. The van der Waals surface area contributed by atoms with Crippen molar-refractivity contribution >= 4 is 5.91 Å². The highest BCUT2D eigenvalue weighted by Gasteiger charge is 2.16. The molecule has 1 amide bonds. The van der Waals surface area contributed by atoms with Gasteiger partial charge in [-0.05, 0) is 61.0 Å². The number of aromatic hydroxyl groups is 2. The predicted molar refractivity (Wildman–Crippen MR) is 89.8 cm³/mol. The smallest absolute Gasteiger partial charge is 0.287 e. The Morgan fingerprint density at radius 2 is 1.75 bits per heavy atom. The van der Waals surface area contributed by atoms with E-state index in [9.17, 15) is 15.0 Å². The average molecular weight is 323 g/mol. The van der Waals surface area contributed by atoms with Gasteiger partial charge in [0.25, 0.3) is 5.91 Å². The molecule has 122 valence electrons. The van der Waals surface area contributed by atoms with Crippen LogP contribution in [0.2, 0.25) is 0 Å². The average Bonchev–Trinajstić information content (AvgIpc) is 3.05. The van der Waals surface area contributed by atoms with Crippen molar-refractivity contribution in [3.63, 3.8) is 0 Å². The second-order valence-corrected chi connectivity index (χ2v) is 5.50. The fourth-order valence-corrected chi connectivity index (χ4v) is 2.39. The summed E-state index contributed by atoms with van der Waals surface area (Å²) >= 11 is 0. The first-order valence-electron chi connectivity index (χ1n) is 7.52. The van der Waals surface area contributed by atoms with E-state index in [1.54, 1.807) is 54.6 Å². The summed E-state index contributed by atoms with van der Waals surface area (Å²) in [5.74, 6) is 0.732. The molecule has 3 rings (SSSR count). The number of benzene rings is 2. The Hall–Kier alpha value is -3.21. The molecule has 0 aliphatic heterocycles. The van der Waals surface area contributed by atoms with Gasteiger partial charge in [0.05, 0.1) is 6.04 Å². The third-order valence-corrected chi connectivity index (χ3v) is 3.70. The number of rotatable bonds is 4. The monoisotopic (exact) mass is 323 g/mol. The molecule has 0 saturated heterocycles. The van der Waals surface area contributed by atoms with Crippen molar-refractivity contribution in [3.05, 3.63) is 72.0 Å². The molecule has 0 aliphatic carbocycles. The van der Waals surface area contributed by atoms with E-state index in [2.05, 4.69) is 5.32 Å². The van der Waals surface area contributed by atoms with Crippen molar-refractivity contribution in [2.45, 2.75) is 13.0 Å². The van der Waals surface area contributed by atoms with Crippen LogP contribution in [0.25, 0.3) is 11.3 Å². The molecule has 0 aliphatic rings. The molecule has 1 atom stereocenters. The van der Waals surface area contributed by atoms with Gasteiger partial charge < -0.3 is 19.9 Å². The number of carbonyl (C=O) groups excluding carboxylic acids is 1. The zero-order chi connectivity index (χ0) is 17.1. The minimum absolute atomic E-state index is 0.154. The van der Waals surface area contributed by atoms with Gasteiger partial charge in [-0.2, -0.15) is 0 Å². The van der Waals surface area contributed by atoms with E-state index in [0.717, 1.165) is 11.1 Å². The van der Waals surface area contributed by atoms with E-state index in [0.29, 0.717) is 5.76 Å². The minimum atomic E-state index is -0.337. The number of hydrogen-bond donors (Lipinski definition) is 3. The second kappa shape index (κ2) is 6.50. The quantitative estimate of drug-likeness (QED) is 0.681. The lowest BCUT2D eigenvalue weighted by Gasteiger charge is -2.13. The molecule has 5 heteroatoms. The third-order valence-electron chi connectivity index (χ3n) is 3.70. The third kappa shape index (κ3) is 3.41. The van der Waals surface area contributed by atoms with Gasteiger partial charge >= 0.3 is 0 Å². The van der Waals surface area contributed by atoms with Gasteiger partial charge in [-0.15, -0.1) is 0 Å². The first-order chi connectivity index (χ1) is 11.5. The summed E-state index contributed by atoms with van der Waals surface area (Å²) < 4.78 is 5.59. The molecular weight excluding hydrogens is 306 g/mol. The maximum Gasteiger partial charge on any atom is 0.287 e. The predicted octanol–water partition coefficient (Wildman–Crippen LogP) is 3.85. The summed E-state index contributed by atoms with van der Waals surface area (Å²) in [6, 6.07) is 16.3. The minimum Gasteiger partial charge on any atom is -0.508 e. The van der Waals surface area contributed by atoms with Gasteiger partial charge in [0, 0.05) is 5.56 Å². The number of furan rings is 1. The first kappa shape index (κ1) is 15.7. The highest BCUT2D eigenvalue weighted by Crippen LogP contribution is 2.25. The standard InChI is InChI=1S/C19H17NO4/c1-12(14-3-2-4-16(22)11-14)20-19(23)18-10-9-17(24-18)13-5-7-15(21)8-6-13/h2-12,21-22H,1H3,(H,20,23). The Morgan fingerprint density at radius 1 is 1.00 bits per heavy atom. The lowest BCUT2D eigenvalue weighted by atomic mass is 10.1. The molecule has 3 aromatic rings. The van der Waals surface area contributed by atoms with Crippen molar-refractivity contribution in [1.29, 1.82) is 0 Å². The highest BCUT2D eigenvalue weighted by molar-refractivity contribution is 5.92. The van der Waals surface area contributed by atoms with Crippen LogP contribution in [0.3, 0.4) is 0 Å². The van der Waals surface area contributed by atoms with Gasteiger partial charge in [-0.1, -0.05) is 12.1 Å². The molecule has 1 heterocycles. The molecule has 24 heavy (non-hydrogen) atoms. The zero-order valence-electron chi connectivity index (χ0n) is 13.1. The van der Waals surface area contributed by atoms with Crippen LogP contribution in [0, 0.1) is 0 Å². The molecule has 1 unspecified atom stereocenters. The number of phenols is 2. The first-order valence-corrected chi connectivity index (χ1v) is 7.52. The summed E-state index contributed by atoms with van der Waals surface area (Å²) in [5.41, 5.74) is 1.57. The Kier molecular flexibility index (Phi) is 4.24. The second-order valence-electron chi connectivity index (χ2n) is 5.50.